The summed E-state index contributed by atoms with van der Waals surface area (Å²) in [5.41, 5.74) is -0.695. The van der Waals surface area contributed by atoms with Crippen LogP contribution in [0.25, 0.3) is 0 Å². The minimum atomic E-state index is -1.26. The molecule has 0 unspecified atom stereocenters. The van der Waals surface area contributed by atoms with Crippen LogP contribution in [0.5, 0.6) is 0 Å². The van der Waals surface area contributed by atoms with Gasteiger partial charge < -0.3 is 0 Å². The van der Waals surface area contributed by atoms with E-state index >= 15 is 0 Å². The molecule has 1 saturated heterocycles. The maximum atomic E-state index is 11.2. The van der Waals surface area contributed by atoms with E-state index in [1.807, 2.05) is 0 Å². The van der Waals surface area contributed by atoms with Gasteiger partial charge in [0.2, 0.25) is 0 Å². The van der Waals surface area contributed by atoms with Crippen LogP contribution in [0.3, 0.4) is 0 Å². The Bertz CT molecular complexity index is 500. The molecule has 1 aromatic carbocycles. The maximum absolute atomic E-state index is 11.2. The van der Waals surface area contributed by atoms with E-state index in [1.54, 1.807) is 0 Å². The molecule has 2 rings (SSSR count). The molecule has 1 fully saturated rings. The van der Waals surface area contributed by atoms with Gasteiger partial charge in [-0.05, 0) is 0 Å². The zero-order valence-corrected chi connectivity index (χ0v) is 14.3. The Balaban J connectivity index is 2.23. The van der Waals surface area contributed by atoms with Crippen molar-refractivity contribution in [1.82, 2.24) is 0 Å². The summed E-state index contributed by atoms with van der Waals surface area (Å²) < 4.78 is 5.47. The van der Waals surface area contributed by atoms with Gasteiger partial charge in [0.25, 0.3) is 0 Å². The second-order valence-electron chi connectivity index (χ2n) is 5.52. The van der Waals surface area contributed by atoms with Crippen LogP contribution in [0.4, 0.5) is 0 Å². The minimum absolute atomic E-state index is 0.0812. The van der Waals surface area contributed by atoms with E-state index in [9.17, 15) is 4.79 Å². The number of carbonyl (C=O) groups is 1. The third-order valence-corrected chi connectivity index (χ3v) is 12.4. The van der Waals surface area contributed by atoms with Gasteiger partial charge in [-0.25, -0.2) is 0 Å². The van der Waals surface area contributed by atoms with Gasteiger partial charge in [-0.15, -0.1) is 0 Å². The summed E-state index contributed by atoms with van der Waals surface area (Å²) in [6.07, 6.45) is 2.17. The van der Waals surface area contributed by atoms with Crippen molar-refractivity contribution in [3.8, 4) is 0 Å². The predicted molar refractivity (Wildman–Crippen MR) is 82.4 cm³/mol. The number of esters is 1. The molecule has 0 N–H and O–H groups in total. The van der Waals surface area contributed by atoms with Crippen molar-refractivity contribution in [3.05, 3.63) is 30.3 Å². The van der Waals surface area contributed by atoms with E-state index in [2.05, 4.69) is 59.3 Å². The third-order valence-electron chi connectivity index (χ3n) is 3.99. The molecule has 0 aliphatic carbocycles. The summed E-state index contributed by atoms with van der Waals surface area (Å²) in [5.74, 6) is 0.268. The first-order valence-corrected chi connectivity index (χ1v) is 11.0. The fourth-order valence-corrected chi connectivity index (χ4v) is 9.07. The molecule has 0 spiro atoms. The van der Waals surface area contributed by atoms with Crippen LogP contribution < -0.4 is 5.30 Å². The number of benzene rings is 1. The monoisotopic (exact) mass is 344 g/mol. The van der Waals surface area contributed by atoms with E-state index < -0.39 is 5.51 Å². The zero-order chi connectivity index (χ0) is 14.0. The molecule has 1 aromatic rings. The Kier molecular flexibility index (Phi) is 4.71. The summed E-state index contributed by atoms with van der Waals surface area (Å²) in [4.78, 5) is 11.2. The Hall–Kier alpha value is -0.361. The van der Waals surface area contributed by atoms with Crippen LogP contribution >= 0.6 is 5.51 Å². The number of carbonyl (C=O) groups excluding carboxylic acids is 1. The fraction of sp³-hybridized carbons (Fsp3) is 0.533. The molecule has 1 heterocycles. The van der Waals surface area contributed by atoms with E-state index in [1.165, 1.54) is 12.2 Å². The van der Waals surface area contributed by atoms with Crippen molar-refractivity contribution in [2.75, 3.05) is 6.16 Å². The first-order valence-electron chi connectivity index (χ1n) is 6.75. The molecular weight excluding hydrogens is 322 g/mol. The van der Waals surface area contributed by atoms with Gasteiger partial charge in [0, 0.05) is 0 Å². The van der Waals surface area contributed by atoms with Gasteiger partial charge in [-0.2, -0.15) is 0 Å². The number of rotatable bonds is 2. The van der Waals surface area contributed by atoms with Gasteiger partial charge in [0.05, 0.1) is 0 Å². The fourth-order valence-electron chi connectivity index (χ4n) is 2.88. The summed E-state index contributed by atoms with van der Waals surface area (Å²) in [7, 11) is 0. The van der Waals surface area contributed by atoms with Crippen LogP contribution in [-0.2, 0) is 9.53 Å². The summed E-state index contributed by atoms with van der Waals surface area (Å²) in [5, 5.41) is 1.45. The molecular formula is C15H21O2PSe. The Morgan fingerprint density at radius 2 is 1.95 bits per heavy atom. The summed E-state index contributed by atoms with van der Waals surface area (Å²) in [6.45, 7) is 6.00. The van der Waals surface area contributed by atoms with Crippen LogP contribution in [0.2, 0.25) is 0 Å². The van der Waals surface area contributed by atoms with Crippen molar-refractivity contribution in [3.63, 3.8) is 0 Å². The van der Waals surface area contributed by atoms with Gasteiger partial charge >= 0.3 is 123 Å². The van der Waals surface area contributed by atoms with E-state index in [0.717, 1.165) is 12.6 Å². The molecule has 0 amide bonds. The standard InChI is InChI=1S/C15H21O2PSe/c1-11-10-18(19,14-7-5-4-6-8-14)12(2)9-15(11)17-13(3)16/h4-8,11-12,15H,9-10H2,1-3H3/t11-,12+,15-,18-/m0/s1. The Morgan fingerprint density at radius 1 is 1.32 bits per heavy atom. The molecule has 104 valence electrons. The summed E-state index contributed by atoms with van der Waals surface area (Å²) >= 11 is 3.53. The topological polar surface area (TPSA) is 26.3 Å². The molecule has 2 nitrogen and oxygen atoms in total. The Labute approximate surface area is 123 Å². The van der Waals surface area contributed by atoms with Crippen molar-refractivity contribution >= 4 is 31.9 Å². The molecule has 4 atom stereocenters. The van der Waals surface area contributed by atoms with Crippen LogP contribution in [0, 0.1) is 5.92 Å². The van der Waals surface area contributed by atoms with Crippen LogP contribution in [0.15, 0.2) is 30.3 Å². The molecule has 19 heavy (non-hydrogen) atoms. The molecule has 0 radical (unpaired) electrons. The van der Waals surface area contributed by atoms with E-state index in [-0.39, 0.29) is 12.1 Å². The molecule has 0 bridgehead atoms. The predicted octanol–water partition coefficient (Wildman–Crippen LogP) is 2.77. The first-order chi connectivity index (χ1) is 8.93. The SMILES string of the molecule is CC(=O)O[C@H]1C[C@@H](C)[P@](=[Se])(c2ccccc2)C[C@@H]1C. The van der Waals surface area contributed by atoms with Crippen molar-refractivity contribution < 1.29 is 9.53 Å². The molecule has 1 aliphatic rings. The van der Waals surface area contributed by atoms with Crippen molar-refractivity contribution in [2.24, 2.45) is 5.92 Å². The van der Waals surface area contributed by atoms with Gasteiger partial charge in [0.1, 0.15) is 0 Å². The molecule has 0 aromatic heterocycles. The molecule has 1 aliphatic heterocycles. The second kappa shape index (κ2) is 5.95. The van der Waals surface area contributed by atoms with Crippen LogP contribution in [-0.4, -0.2) is 39.0 Å². The summed E-state index contributed by atoms with van der Waals surface area (Å²) in [6, 6.07) is 10.8. The number of ether oxygens (including phenoxy) is 1. The molecule has 4 heteroatoms. The average molecular weight is 343 g/mol. The third kappa shape index (κ3) is 3.21. The van der Waals surface area contributed by atoms with Crippen LogP contribution in [0.1, 0.15) is 27.2 Å². The second-order valence-corrected chi connectivity index (χ2v) is 13.0. The zero-order valence-electron chi connectivity index (χ0n) is 11.7. The van der Waals surface area contributed by atoms with E-state index in [0.29, 0.717) is 11.6 Å². The molecule has 0 saturated carbocycles. The van der Waals surface area contributed by atoms with Crippen molar-refractivity contribution in [1.29, 1.82) is 0 Å². The van der Waals surface area contributed by atoms with Gasteiger partial charge in [-0.1, -0.05) is 0 Å². The normalized spacial score (nSPS) is 34.8. The van der Waals surface area contributed by atoms with Gasteiger partial charge in [0.15, 0.2) is 0 Å². The first kappa shape index (κ1) is 15.0. The average Bonchev–Trinajstić information content (AvgIpc) is 2.36. The Morgan fingerprint density at radius 3 is 2.53 bits per heavy atom. The van der Waals surface area contributed by atoms with Gasteiger partial charge in [-0.3, -0.25) is 0 Å². The number of hydrogen-bond donors (Lipinski definition) is 0. The van der Waals surface area contributed by atoms with E-state index in [4.69, 9.17) is 4.74 Å². The number of hydrogen-bond acceptors (Lipinski definition) is 2. The van der Waals surface area contributed by atoms with Crippen molar-refractivity contribution in [2.45, 2.75) is 39.0 Å². The quantitative estimate of drug-likeness (QED) is 0.469.